The molecule has 7 heteroatoms. The molecular formula is C23H28N4OS2. The van der Waals surface area contributed by atoms with E-state index in [0.717, 1.165) is 23.0 Å². The van der Waals surface area contributed by atoms with Crippen LogP contribution in [0.15, 0.2) is 53.0 Å². The van der Waals surface area contributed by atoms with Crippen molar-refractivity contribution < 1.29 is 4.79 Å². The van der Waals surface area contributed by atoms with Gasteiger partial charge in [-0.05, 0) is 36.8 Å². The van der Waals surface area contributed by atoms with Gasteiger partial charge in [0.2, 0.25) is 5.91 Å². The smallest absolute Gasteiger partial charge is 0.230 e. The third-order valence-corrected chi connectivity index (χ3v) is 7.42. The number of amides is 1. The van der Waals surface area contributed by atoms with Crippen LogP contribution in [0, 0.1) is 0 Å². The zero-order chi connectivity index (χ0) is 20.8. The average Bonchev–Trinajstić information content (AvgIpc) is 3.44. The Kier molecular flexibility index (Phi) is 7.23. The summed E-state index contributed by atoms with van der Waals surface area (Å²) in [5.41, 5.74) is 1.11. The molecule has 0 bridgehead atoms. The Balaban J connectivity index is 1.43. The summed E-state index contributed by atoms with van der Waals surface area (Å²) < 4.78 is 2.32. The van der Waals surface area contributed by atoms with Crippen molar-refractivity contribution >= 4 is 29.0 Å². The first kappa shape index (κ1) is 21.1. The van der Waals surface area contributed by atoms with E-state index in [2.05, 4.69) is 37.6 Å². The van der Waals surface area contributed by atoms with Crippen LogP contribution in [0.25, 0.3) is 0 Å². The minimum atomic E-state index is -0.00935. The van der Waals surface area contributed by atoms with Gasteiger partial charge in [0.15, 0.2) is 5.16 Å². The fraction of sp³-hybridized carbons (Fsp3) is 0.435. The molecule has 5 nitrogen and oxygen atoms in total. The quantitative estimate of drug-likeness (QED) is 0.476. The van der Waals surface area contributed by atoms with Crippen molar-refractivity contribution in [1.82, 2.24) is 20.1 Å². The van der Waals surface area contributed by atoms with E-state index in [1.807, 2.05) is 37.3 Å². The van der Waals surface area contributed by atoms with Crippen molar-refractivity contribution in [2.24, 2.45) is 0 Å². The first-order valence-electron chi connectivity index (χ1n) is 10.6. The standard InChI is InChI=1S/C23H28N4OS2/c1-17(18-9-4-2-5-10-18)24-22(28)16-30-23-26-25-21(15-20-13-8-14-29-20)27(23)19-11-6-3-7-12-19/h2,4-5,8-10,13-14,17,19H,3,6-7,11-12,15-16H2,1H3,(H,24,28). The van der Waals surface area contributed by atoms with E-state index in [-0.39, 0.29) is 11.9 Å². The molecule has 1 amide bonds. The molecular weight excluding hydrogens is 412 g/mol. The highest BCUT2D eigenvalue weighted by atomic mass is 32.2. The van der Waals surface area contributed by atoms with Gasteiger partial charge in [0, 0.05) is 17.3 Å². The number of carbonyl (C=O) groups excluding carboxylic acids is 1. The lowest BCUT2D eigenvalue weighted by molar-refractivity contribution is -0.119. The number of hydrogen-bond acceptors (Lipinski definition) is 5. The van der Waals surface area contributed by atoms with Gasteiger partial charge in [-0.3, -0.25) is 4.79 Å². The zero-order valence-corrected chi connectivity index (χ0v) is 18.9. The van der Waals surface area contributed by atoms with Gasteiger partial charge in [-0.2, -0.15) is 0 Å². The predicted octanol–water partition coefficient (Wildman–Crippen LogP) is 5.41. The van der Waals surface area contributed by atoms with Gasteiger partial charge < -0.3 is 9.88 Å². The van der Waals surface area contributed by atoms with Crippen LogP contribution < -0.4 is 5.32 Å². The van der Waals surface area contributed by atoms with Gasteiger partial charge in [0.25, 0.3) is 0 Å². The van der Waals surface area contributed by atoms with Gasteiger partial charge in [-0.15, -0.1) is 21.5 Å². The lowest BCUT2D eigenvalue weighted by Gasteiger charge is -2.25. The fourth-order valence-electron chi connectivity index (χ4n) is 4.04. The minimum Gasteiger partial charge on any atom is -0.349 e. The molecule has 1 atom stereocenters. The second kappa shape index (κ2) is 10.3. The van der Waals surface area contributed by atoms with E-state index in [4.69, 9.17) is 0 Å². The van der Waals surface area contributed by atoms with E-state index < -0.39 is 0 Å². The molecule has 3 aromatic rings. The molecule has 1 unspecified atom stereocenters. The Morgan fingerprint density at radius 3 is 2.70 bits per heavy atom. The molecule has 0 spiro atoms. The number of aromatic nitrogens is 3. The predicted molar refractivity (Wildman–Crippen MR) is 123 cm³/mol. The maximum absolute atomic E-state index is 12.6. The van der Waals surface area contributed by atoms with Gasteiger partial charge in [-0.25, -0.2) is 0 Å². The summed E-state index contributed by atoms with van der Waals surface area (Å²) in [6.07, 6.45) is 6.95. The highest BCUT2D eigenvalue weighted by molar-refractivity contribution is 7.99. The monoisotopic (exact) mass is 440 g/mol. The fourth-order valence-corrected chi connectivity index (χ4v) is 5.58. The molecule has 1 aliphatic carbocycles. The highest BCUT2D eigenvalue weighted by Gasteiger charge is 2.24. The van der Waals surface area contributed by atoms with Crippen molar-refractivity contribution in [1.29, 1.82) is 0 Å². The summed E-state index contributed by atoms with van der Waals surface area (Å²) in [4.78, 5) is 13.9. The van der Waals surface area contributed by atoms with E-state index in [1.165, 1.54) is 48.7 Å². The number of nitrogens with one attached hydrogen (secondary N) is 1. The van der Waals surface area contributed by atoms with Gasteiger partial charge in [0.1, 0.15) is 5.82 Å². The second-order valence-electron chi connectivity index (χ2n) is 7.81. The van der Waals surface area contributed by atoms with Crippen molar-refractivity contribution in [2.45, 2.75) is 62.7 Å². The maximum atomic E-state index is 12.6. The Morgan fingerprint density at radius 2 is 1.97 bits per heavy atom. The minimum absolute atomic E-state index is 0.00935. The molecule has 1 aliphatic rings. The molecule has 0 aliphatic heterocycles. The van der Waals surface area contributed by atoms with Crippen molar-refractivity contribution in [3.05, 3.63) is 64.1 Å². The van der Waals surface area contributed by atoms with Gasteiger partial charge in [0.05, 0.1) is 11.8 Å². The van der Waals surface area contributed by atoms with Crippen LogP contribution in [0.4, 0.5) is 0 Å². The van der Waals surface area contributed by atoms with E-state index in [9.17, 15) is 4.79 Å². The van der Waals surface area contributed by atoms with Gasteiger partial charge >= 0.3 is 0 Å². The van der Waals surface area contributed by atoms with Crippen molar-refractivity contribution in [2.75, 3.05) is 5.75 Å². The average molecular weight is 441 g/mol. The number of benzene rings is 1. The lowest BCUT2D eigenvalue weighted by Crippen LogP contribution is -2.28. The SMILES string of the molecule is CC(NC(=O)CSc1nnc(Cc2cccs2)n1C1CCCCC1)c1ccccc1. The highest BCUT2D eigenvalue weighted by Crippen LogP contribution is 2.33. The van der Waals surface area contributed by atoms with Crippen LogP contribution in [0.2, 0.25) is 0 Å². The number of thiophene rings is 1. The summed E-state index contributed by atoms with van der Waals surface area (Å²) in [5, 5.41) is 15.1. The van der Waals surface area contributed by atoms with Crippen LogP contribution in [-0.4, -0.2) is 26.4 Å². The Labute approximate surface area is 186 Å². The summed E-state index contributed by atoms with van der Waals surface area (Å²) in [6.45, 7) is 2.02. The van der Waals surface area contributed by atoms with Crippen molar-refractivity contribution in [3.8, 4) is 0 Å². The van der Waals surface area contributed by atoms with Crippen molar-refractivity contribution in [3.63, 3.8) is 0 Å². The topological polar surface area (TPSA) is 59.8 Å². The van der Waals surface area contributed by atoms with Gasteiger partial charge in [-0.1, -0.05) is 67.4 Å². The molecule has 1 saturated carbocycles. The molecule has 30 heavy (non-hydrogen) atoms. The molecule has 0 radical (unpaired) electrons. The van der Waals surface area contributed by atoms with E-state index in [0.29, 0.717) is 11.8 Å². The largest absolute Gasteiger partial charge is 0.349 e. The van der Waals surface area contributed by atoms with Crippen LogP contribution >= 0.6 is 23.1 Å². The maximum Gasteiger partial charge on any atom is 0.230 e. The van der Waals surface area contributed by atoms with E-state index >= 15 is 0 Å². The molecule has 1 aromatic carbocycles. The number of carbonyl (C=O) groups is 1. The summed E-state index contributed by atoms with van der Waals surface area (Å²) in [7, 11) is 0. The molecule has 2 aromatic heterocycles. The summed E-state index contributed by atoms with van der Waals surface area (Å²) in [6, 6.07) is 14.7. The first-order valence-corrected chi connectivity index (χ1v) is 12.5. The Morgan fingerprint density at radius 1 is 1.17 bits per heavy atom. The van der Waals surface area contributed by atoms with Crippen LogP contribution in [0.5, 0.6) is 0 Å². The Hall–Kier alpha value is -2.12. The third kappa shape index (κ3) is 5.32. The molecule has 158 valence electrons. The van der Waals surface area contributed by atoms with Crippen LogP contribution in [0.3, 0.4) is 0 Å². The molecule has 4 rings (SSSR count). The van der Waals surface area contributed by atoms with Crippen LogP contribution in [-0.2, 0) is 11.2 Å². The number of thioether (sulfide) groups is 1. The molecule has 1 fully saturated rings. The second-order valence-corrected chi connectivity index (χ2v) is 9.78. The summed E-state index contributed by atoms with van der Waals surface area (Å²) >= 11 is 3.25. The first-order chi connectivity index (χ1) is 14.7. The zero-order valence-electron chi connectivity index (χ0n) is 17.3. The summed E-state index contributed by atoms with van der Waals surface area (Å²) in [5.74, 6) is 1.39. The normalized spacial score (nSPS) is 15.8. The Bertz CT molecular complexity index is 934. The number of hydrogen-bond donors (Lipinski definition) is 1. The third-order valence-electron chi connectivity index (χ3n) is 5.60. The lowest BCUT2D eigenvalue weighted by atomic mass is 9.95. The molecule has 1 N–H and O–H groups in total. The molecule has 0 saturated heterocycles. The number of rotatable bonds is 8. The molecule has 2 heterocycles. The van der Waals surface area contributed by atoms with Crippen LogP contribution in [0.1, 0.15) is 67.4 Å². The van der Waals surface area contributed by atoms with E-state index in [1.54, 1.807) is 11.3 Å². The number of nitrogens with zero attached hydrogens (tertiary/aromatic N) is 3.